The van der Waals surface area contributed by atoms with E-state index in [1.165, 1.54) is 31.2 Å². The van der Waals surface area contributed by atoms with Gasteiger partial charge in [-0.2, -0.15) is 0 Å². The van der Waals surface area contributed by atoms with Gasteiger partial charge in [0.05, 0.1) is 12.6 Å². The SMILES string of the molecule is CCOC(=O)C(CCN1CCCCC1C(=O)c1ccc(F)cc1)C(C)=O. The molecule has 1 saturated heterocycles. The summed E-state index contributed by atoms with van der Waals surface area (Å²) >= 11 is 0. The Balaban J connectivity index is 2.05. The molecule has 1 aromatic rings. The minimum absolute atomic E-state index is 0.0415. The van der Waals surface area contributed by atoms with Crippen LogP contribution in [0.15, 0.2) is 24.3 Å². The standard InChI is InChI=1S/C20H26FNO4/c1-3-26-20(25)17(14(2)23)11-13-22-12-5-4-6-18(22)19(24)15-7-9-16(21)10-8-15/h7-10,17-18H,3-6,11-13H2,1-2H3. The van der Waals surface area contributed by atoms with Crippen molar-refractivity contribution in [2.75, 3.05) is 19.7 Å². The van der Waals surface area contributed by atoms with Gasteiger partial charge in [-0.15, -0.1) is 0 Å². The Kier molecular flexibility index (Phi) is 7.45. The molecule has 0 aliphatic carbocycles. The first-order chi connectivity index (χ1) is 12.4. The number of hydrogen-bond acceptors (Lipinski definition) is 5. The second-order valence-electron chi connectivity index (χ2n) is 6.62. The van der Waals surface area contributed by atoms with Crippen molar-refractivity contribution in [3.05, 3.63) is 35.6 Å². The number of carbonyl (C=O) groups is 3. The van der Waals surface area contributed by atoms with Crippen molar-refractivity contribution < 1.29 is 23.5 Å². The van der Waals surface area contributed by atoms with Gasteiger partial charge in [0.1, 0.15) is 17.5 Å². The average Bonchev–Trinajstić information content (AvgIpc) is 2.62. The molecule has 5 nitrogen and oxygen atoms in total. The molecule has 0 spiro atoms. The van der Waals surface area contributed by atoms with Crippen LogP contribution in [0, 0.1) is 11.7 Å². The van der Waals surface area contributed by atoms with E-state index in [1.807, 2.05) is 4.90 Å². The van der Waals surface area contributed by atoms with Crippen molar-refractivity contribution in [2.24, 2.45) is 5.92 Å². The Morgan fingerprint density at radius 1 is 1.23 bits per heavy atom. The number of ketones is 2. The third-order valence-electron chi connectivity index (χ3n) is 4.81. The predicted octanol–water partition coefficient (Wildman–Crippen LogP) is 3.02. The molecule has 1 aliphatic rings. The quantitative estimate of drug-likeness (QED) is 0.404. The number of carbonyl (C=O) groups excluding carboxylic acids is 3. The Hall–Kier alpha value is -2.08. The fraction of sp³-hybridized carbons (Fsp3) is 0.550. The molecule has 0 bridgehead atoms. The molecular formula is C20H26FNO4. The normalized spacial score (nSPS) is 19.0. The number of nitrogens with zero attached hydrogens (tertiary/aromatic N) is 1. The number of likely N-dealkylation sites (tertiary alicyclic amines) is 1. The van der Waals surface area contributed by atoms with Crippen LogP contribution in [-0.2, 0) is 14.3 Å². The second kappa shape index (κ2) is 9.57. The van der Waals surface area contributed by atoms with E-state index in [0.29, 0.717) is 18.5 Å². The third-order valence-corrected chi connectivity index (χ3v) is 4.81. The summed E-state index contributed by atoms with van der Waals surface area (Å²) in [5, 5.41) is 0. The van der Waals surface area contributed by atoms with Gasteiger partial charge in [-0.25, -0.2) is 4.39 Å². The van der Waals surface area contributed by atoms with Gasteiger partial charge in [0.2, 0.25) is 0 Å². The molecule has 6 heteroatoms. The largest absolute Gasteiger partial charge is 0.465 e. The maximum absolute atomic E-state index is 13.1. The summed E-state index contributed by atoms with van der Waals surface area (Å²) in [6.07, 6.45) is 2.97. The molecule has 26 heavy (non-hydrogen) atoms. The minimum atomic E-state index is -0.793. The topological polar surface area (TPSA) is 63.7 Å². The van der Waals surface area contributed by atoms with Gasteiger partial charge in [0, 0.05) is 12.1 Å². The zero-order chi connectivity index (χ0) is 19.1. The van der Waals surface area contributed by atoms with Gasteiger partial charge in [0.25, 0.3) is 0 Å². The van der Waals surface area contributed by atoms with Gasteiger partial charge < -0.3 is 4.74 Å². The third kappa shape index (κ3) is 5.21. The average molecular weight is 363 g/mol. The van der Waals surface area contributed by atoms with Crippen LogP contribution in [0.3, 0.4) is 0 Å². The first-order valence-electron chi connectivity index (χ1n) is 9.15. The van der Waals surface area contributed by atoms with Crippen molar-refractivity contribution in [1.29, 1.82) is 0 Å². The van der Waals surface area contributed by atoms with Crippen LogP contribution in [-0.4, -0.2) is 48.2 Å². The molecule has 1 aliphatic heterocycles. The number of ether oxygens (including phenoxy) is 1. The number of piperidine rings is 1. The summed E-state index contributed by atoms with van der Waals surface area (Å²) in [6, 6.07) is 5.27. The summed E-state index contributed by atoms with van der Waals surface area (Å²) in [4.78, 5) is 38.6. The highest BCUT2D eigenvalue weighted by molar-refractivity contribution is 6.00. The van der Waals surface area contributed by atoms with E-state index in [1.54, 1.807) is 6.92 Å². The number of hydrogen-bond donors (Lipinski definition) is 0. The highest BCUT2D eigenvalue weighted by Gasteiger charge is 2.31. The van der Waals surface area contributed by atoms with Gasteiger partial charge in [-0.1, -0.05) is 6.42 Å². The van der Waals surface area contributed by atoms with Crippen LogP contribution in [0.2, 0.25) is 0 Å². The molecule has 2 rings (SSSR count). The van der Waals surface area contributed by atoms with Crippen molar-refractivity contribution in [2.45, 2.75) is 45.6 Å². The molecule has 0 N–H and O–H groups in total. The van der Waals surface area contributed by atoms with E-state index in [0.717, 1.165) is 25.8 Å². The Bertz CT molecular complexity index is 644. The number of rotatable bonds is 8. The lowest BCUT2D eigenvalue weighted by molar-refractivity contribution is -0.151. The lowest BCUT2D eigenvalue weighted by Gasteiger charge is -2.35. The van der Waals surface area contributed by atoms with Gasteiger partial charge in [-0.05, 0) is 63.9 Å². The monoisotopic (exact) mass is 363 g/mol. The van der Waals surface area contributed by atoms with Crippen LogP contribution in [0.25, 0.3) is 0 Å². The maximum Gasteiger partial charge on any atom is 0.316 e. The summed E-state index contributed by atoms with van der Waals surface area (Å²) < 4.78 is 18.1. The lowest BCUT2D eigenvalue weighted by atomic mass is 9.93. The van der Waals surface area contributed by atoms with E-state index in [-0.39, 0.29) is 30.0 Å². The zero-order valence-corrected chi connectivity index (χ0v) is 15.4. The maximum atomic E-state index is 13.1. The van der Waals surface area contributed by atoms with Gasteiger partial charge >= 0.3 is 5.97 Å². The number of halogens is 1. The van der Waals surface area contributed by atoms with E-state index in [4.69, 9.17) is 4.74 Å². The smallest absolute Gasteiger partial charge is 0.316 e. The first kappa shape index (κ1) is 20.2. The lowest BCUT2D eigenvalue weighted by Crippen LogP contribution is -2.46. The molecule has 142 valence electrons. The van der Waals surface area contributed by atoms with E-state index in [2.05, 4.69) is 0 Å². The Morgan fingerprint density at radius 3 is 2.54 bits per heavy atom. The zero-order valence-electron chi connectivity index (χ0n) is 15.4. The molecule has 0 saturated carbocycles. The highest BCUT2D eigenvalue weighted by Crippen LogP contribution is 2.22. The van der Waals surface area contributed by atoms with E-state index >= 15 is 0 Å². The summed E-state index contributed by atoms with van der Waals surface area (Å²) in [6.45, 7) is 4.54. The number of Topliss-reactive ketones (excluding diaryl/α,β-unsaturated/α-hetero) is 2. The second-order valence-corrected chi connectivity index (χ2v) is 6.62. The molecule has 0 aromatic heterocycles. The van der Waals surface area contributed by atoms with Crippen LogP contribution < -0.4 is 0 Å². The van der Waals surface area contributed by atoms with Crippen molar-refractivity contribution >= 4 is 17.5 Å². The summed E-state index contributed by atoms with van der Waals surface area (Å²) in [5.74, 6) is -1.93. The summed E-state index contributed by atoms with van der Waals surface area (Å²) in [7, 11) is 0. The summed E-state index contributed by atoms with van der Waals surface area (Å²) in [5.41, 5.74) is 0.483. The predicted molar refractivity (Wildman–Crippen MR) is 95.4 cm³/mol. The van der Waals surface area contributed by atoms with E-state index < -0.39 is 11.9 Å². The molecule has 2 unspecified atom stereocenters. The minimum Gasteiger partial charge on any atom is -0.465 e. The molecule has 1 fully saturated rings. The van der Waals surface area contributed by atoms with E-state index in [9.17, 15) is 18.8 Å². The van der Waals surface area contributed by atoms with Crippen molar-refractivity contribution in [3.63, 3.8) is 0 Å². The van der Waals surface area contributed by atoms with Crippen LogP contribution >= 0.6 is 0 Å². The molecule has 2 atom stereocenters. The Morgan fingerprint density at radius 2 is 1.92 bits per heavy atom. The van der Waals surface area contributed by atoms with Crippen LogP contribution in [0.5, 0.6) is 0 Å². The first-order valence-corrected chi connectivity index (χ1v) is 9.15. The molecule has 1 aromatic carbocycles. The van der Waals surface area contributed by atoms with Gasteiger partial charge in [-0.3, -0.25) is 19.3 Å². The van der Waals surface area contributed by atoms with Crippen molar-refractivity contribution in [1.82, 2.24) is 4.90 Å². The fourth-order valence-corrected chi connectivity index (χ4v) is 3.39. The van der Waals surface area contributed by atoms with Crippen LogP contribution in [0.1, 0.15) is 49.9 Å². The number of esters is 1. The number of benzene rings is 1. The van der Waals surface area contributed by atoms with Crippen LogP contribution in [0.4, 0.5) is 4.39 Å². The molecule has 1 heterocycles. The van der Waals surface area contributed by atoms with Crippen molar-refractivity contribution in [3.8, 4) is 0 Å². The molecule has 0 radical (unpaired) electrons. The highest BCUT2D eigenvalue weighted by atomic mass is 19.1. The Labute approximate surface area is 153 Å². The fourth-order valence-electron chi connectivity index (χ4n) is 3.39. The molecular weight excluding hydrogens is 337 g/mol. The molecule has 0 amide bonds. The van der Waals surface area contributed by atoms with Gasteiger partial charge in [0.15, 0.2) is 5.78 Å².